The fraction of sp³-hybridized carbons (Fsp3) is 0.429. The van der Waals surface area contributed by atoms with Gasteiger partial charge in [-0.25, -0.2) is 4.79 Å². The summed E-state index contributed by atoms with van der Waals surface area (Å²) in [6.45, 7) is 1.94. The van der Waals surface area contributed by atoms with E-state index in [2.05, 4.69) is 5.32 Å². The van der Waals surface area contributed by atoms with Gasteiger partial charge in [0.05, 0.1) is 10.8 Å². The number of nitro benzene ring substituents is 1. The molecule has 0 fully saturated rings. The number of carbonyl (C=O) groups is 2. The molecule has 0 aliphatic carbocycles. The third-order valence-electron chi connectivity index (χ3n) is 3.13. The molecular weight excluding hydrogens is 290 g/mol. The summed E-state index contributed by atoms with van der Waals surface area (Å²) in [7, 11) is 1.52. The number of carboxylic acids is 1. The molecular formula is C14H19N3O5. The highest BCUT2D eigenvalue weighted by atomic mass is 16.6. The zero-order chi connectivity index (χ0) is 16.7. The second-order valence-electron chi connectivity index (χ2n) is 5.03. The highest BCUT2D eigenvalue weighted by Gasteiger charge is 2.17. The maximum atomic E-state index is 11.8. The molecule has 0 radical (unpaired) electrons. The van der Waals surface area contributed by atoms with Gasteiger partial charge in [0.2, 0.25) is 0 Å². The molecule has 8 heteroatoms. The van der Waals surface area contributed by atoms with Crippen LogP contribution in [-0.4, -0.2) is 47.1 Å². The Hall–Kier alpha value is -2.64. The van der Waals surface area contributed by atoms with Gasteiger partial charge >= 0.3 is 12.0 Å². The first-order valence-electron chi connectivity index (χ1n) is 6.76. The Morgan fingerprint density at radius 2 is 2.14 bits per heavy atom. The van der Waals surface area contributed by atoms with Gasteiger partial charge in [0.15, 0.2) is 0 Å². The second kappa shape index (κ2) is 7.96. The Balaban J connectivity index is 2.43. The molecule has 2 amide bonds. The van der Waals surface area contributed by atoms with Gasteiger partial charge < -0.3 is 15.3 Å². The number of urea groups is 1. The number of benzene rings is 1. The topological polar surface area (TPSA) is 113 Å². The summed E-state index contributed by atoms with van der Waals surface area (Å²) in [6, 6.07) is 5.83. The van der Waals surface area contributed by atoms with Crippen LogP contribution in [0.4, 0.5) is 10.5 Å². The number of nitrogens with one attached hydrogen (secondary N) is 1. The van der Waals surface area contributed by atoms with Crippen LogP contribution in [0.3, 0.4) is 0 Å². The zero-order valence-electron chi connectivity index (χ0n) is 12.5. The van der Waals surface area contributed by atoms with E-state index in [0.717, 1.165) is 5.56 Å². The van der Waals surface area contributed by atoms with Crippen LogP contribution in [-0.2, 0) is 11.2 Å². The summed E-state index contributed by atoms with van der Waals surface area (Å²) < 4.78 is 0. The van der Waals surface area contributed by atoms with Gasteiger partial charge in [0.1, 0.15) is 0 Å². The summed E-state index contributed by atoms with van der Waals surface area (Å²) in [6.07, 6.45) is 0.454. The lowest BCUT2D eigenvalue weighted by molar-refractivity contribution is -0.384. The van der Waals surface area contributed by atoms with Gasteiger partial charge in [0, 0.05) is 32.3 Å². The third kappa shape index (κ3) is 5.39. The number of amides is 2. The molecule has 120 valence electrons. The molecule has 0 spiro atoms. The maximum Gasteiger partial charge on any atom is 0.317 e. The predicted molar refractivity (Wildman–Crippen MR) is 79.6 cm³/mol. The molecule has 1 atom stereocenters. The van der Waals surface area contributed by atoms with Crippen molar-refractivity contribution in [1.82, 2.24) is 10.2 Å². The highest BCUT2D eigenvalue weighted by molar-refractivity contribution is 5.75. The molecule has 0 aliphatic rings. The van der Waals surface area contributed by atoms with E-state index >= 15 is 0 Å². The summed E-state index contributed by atoms with van der Waals surface area (Å²) in [5.74, 6) is -1.61. The molecule has 22 heavy (non-hydrogen) atoms. The van der Waals surface area contributed by atoms with Crippen LogP contribution in [0.1, 0.15) is 12.5 Å². The van der Waals surface area contributed by atoms with E-state index in [1.54, 1.807) is 12.1 Å². The Bertz CT molecular complexity index is 561. The minimum absolute atomic E-state index is 0.0104. The fourth-order valence-corrected chi connectivity index (χ4v) is 1.85. The van der Waals surface area contributed by atoms with Crippen molar-refractivity contribution in [2.75, 3.05) is 20.1 Å². The molecule has 8 nitrogen and oxygen atoms in total. The quantitative estimate of drug-likeness (QED) is 0.585. The van der Waals surface area contributed by atoms with Crippen molar-refractivity contribution in [3.05, 3.63) is 39.9 Å². The standard InChI is InChI=1S/C14H19N3O5/c1-10(13(18)19)9-16(2)14(20)15-7-6-11-4-3-5-12(8-11)17(21)22/h3-5,8,10H,6-7,9H2,1-2H3,(H,15,20)(H,18,19). The fourth-order valence-electron chi connectivity index (χ4n) is 1.85. The first kappa shape index (κ1) is 17.4. The van der Waals surface area contributed by atoms with Crippen LogP contribution in [0.2, 0.25) is 0 Å². The minimum Gasteiger partial charge on any atom is -0.481 e. The zero-order valence-corrected chi connectivity index (χ0v) is 12.5. The molecule has 1 aromatic rings. The number of hydrogen-bond donors (Lipinski definition) is 2. The first-order valence-corrected chi connectivity index (χ1v) is 6.76. The predicted octanol–water partition coefficient (Wildman–Crippen LogP) is 1.50. The molecule has 0 saturated heterocycles. The normalized spacial score (nSPS) is 11.5. The van der Waals surface area contributed by atoms with Gasteiger partial charge in [-0.05, 0) is 12.0 Å². The molecule has 1 unspecified atom stereocenters. The van der Waals surface area contributed by atoms with Gasteiger partial charge in [-0.1, -0.05) is 19.1 Å². The van der Waals surface area contributed by atoms with Crippen molar-refractivity contribution < 1.29 is 19.6 Å². The van der Waals surface area contributed by atoms with Crippen LogP contribution >= 0.6 is 0 Å². The molecule has 0 aliphatic heterocycles. The second-order valence-corrected chi connectivity index (χ2v) is 5.03. The molecule has 0 aromatic heterocycles. The average Bonchev–Trinajstić information content (AvgIpc) is 2.47. The van der Waals surface area contributed by atoms with E-state index in [1.165, 1.54) is 31.0 Å². The Morgan fingerprint density at radius 3 is 2.73 bits per heavy atom. The van der Waals surface area contributed by atoms with E-state index in [1.807, 2.05) is 0 Å². The Labute approximate surface area is 127 Å². The Kier molecular flexibility index (Phi) is 6.30. The van der Waals surface area contributed by atoms with Gasteiger partial charge in [0.25, 0.3) is 5.69 Å². The van der Waals surface area contributed by atoms with Gasteiger partial charge in [-0.15, -0.1) is 0 Å². The molecule has 0 heterocycles. The summed E-state index contributed by atoms with van der Waals surface area (Å²) in [5.41, 5.74) is 0.757. The maximum absolute atomic E-state index is 11.8. The minimum atomic E-state index is -0.962. The molecule has 0 saturated carbocycles. The van der Waals surface area contributed by atoms with Crippen LogP contribution < -0.4 is 5.32 Å². The molecule has 1 aromatic carbocycles. The van der Waals surface area contributed by atoms with Crippen molar-refractivity contribution >= 4 is 17.7 Å². The van der Waals surface area contributed by atoms with Crippen molar-refractivity contribution in [3.8, 4) is 0 Å². The monoisotopic (exact) mass is 309 g/mol. The number of nitro groups is 1. The van der Waals surface area contributed by atoms with E-state index in [0.29, 0.717) is 13.0 Å². The van der Waals surface area contributed by atoms with E-state index in [4.69, 9.17) is 5.11 Å². The molecule has 1 rings (SSSR count). The number of hydrogen-bond acceptors (Lipinski definition) is 4. The van der Waals surface area contributed by atoms with Crippen molar-refractivity contribution in [1.29, 1.82) is 0 Å². The van der Waals surface area contributed by atoms with Gasteiger partial charge in [-0.3, -0.25) is 14.9 Å². The third-order valence-corrected chi connectivity index (χ3v) is 3.13. The SMILES string of the molecule is CC(CN(C)C(=O)NCCc1cccc([N+](=O)[O-])c1)C(=O)O. The van der Waals surface area contributed by atoms with E-state index < -0.39 is 16.8 Å². The van der Waals surface area contributed by atoms with E-state index in [-0.39, 0.29) is 18.3 Å². The average molecular weight is 309 g/mol. The van der Waals surface area contributed by atoms with E-state index in [9.17, 15) is 19.7 Å². The Morgan fingerprint density at radius 1 is 1.45 bits per heavy atom. The smallest absolute Gasteiger partial charge is 0.317 e. The molecule has 0 bridgehead atoms. The van der Waals surface area contributed by atoms with Gasteiger partial charge in [-0.2, -0.15) is 0 Å². The largest absolute Gasteiger partial charge is 0.481 e. The van der Waals surface area contributed by atoms with Crippen LogP contribution in [0, 0.1) is 16.0 Å². The lowest BCUT2D eigenvalue weighted by Gasteiger charge is -2.20. The number of aliphatic carboxylic acids is 1. The lowest BCUT2D eigenvalue weighted by atomic mass is 10.1. The van der Waals surface area contributed by atoms with Crippen molar-refractivity contribution in [2.45, 2.75) is 13.3 Å². The van der Waals surface area contributed by atoms with Crippen molar-refractivity contribution in [2.24, 2.45) is 5.92 Å². The number of carboxylic acid groups (broad SMARTS) is 1. The summed E-state index contributed by atoms with van der Waals surface area (Å²) in [5, 5.41) is 22.1. The number of non-ortho nitro benzene ring substituents is 1. The number of nitrogens with zero attached hydrogens (tertiary/aromatic N) is 2. The summed E-state index contributed by atoms with van der Waals surface area (Å²) in [4.78, 5) is 34.0. The lowest BCUT2D eigenvalue weighted by Crippen LogP contribution is -2.41. The number of carbonyl (C=O) groups excluding carboxylic acids is 1. The summed E-state index contributed by atoms with van der Waals surface area (Å²) >= 11 is 0. The van der Waals surface area contributed by atoms with Crippen LogP contribution in [0.15, 0.2) is 24.3 Å². The number of rotatable bonds is 7. The van der Waals surface area contributed by atoms with Crippen LogP contribution in [0.5, 0.6) is 0 Å². The molecule has 2 N–H and O–H groups in total. The van der Waals surface area contributed by atoms with Crippen LogP contribution in [0.25, 0.3) is 0 Å². The van der Waals surface area contributed by atoms with Crippen molar-refractivity contribution in [3.63, 3.8) is 0 Å². The highest BCUT2D eigenvalue weighted by Crippen LogP contribution is 2.13. The first-order chi connectivity index (χ1) is 10.3.